The van der Waals surface area contributed by atoms with Crippen LogP contribution in [0.25, 0.3) is 0 Å². The third-order valence-corrected chi connectivity index (χ3v) is 5.28. The lowest BCUT2D eigenvalue weighted by Gasteiger charge is -2.27. The van der Waals surface area contributed by atoms with Gasteiger partial charge in [0.2, 0.25) is 11.8 Å². The number of carbonyl (C=O) groups is 2. The molecule has 1 aromatic carbocycles. The van der Waals surface area contributed by atoms with Crippen LogP contribution in [0.5, 0.6) is 0 Å². The van der Waals surface area contributed by atoms with Crippen molar-refractivity contribution in [1.29, 1.82) is 0 Å². The average Bonchev–Trinajstić information content (AvgIpc) is 3.11. The van der Waals surface area contributed by atoms with E-state index in [2.05, 4.69) is 5.32 Å². The van der Waals surface area contributed by atoms with E-state index in [0.29, 0.717) is 31.1 Å². The summed E-state index contributed by atoms with van der Waals surface area (Å²) in [5, 5.41) is 3.07. The summed E-state index contributed by atoms with van der Waals surface area (Å²) < 4.78 is 5.78. The lowest BCUT2D eigenvalue weighted by atomic mass is 9.83. The number of hydrogen-bond donors (Lipinski definition) is 2. The first-order chi connectivity index (χ1) is 11.1. The average molecular weight is 316 g/mol. The number of benzene rings is 1. The molecule has 1 aliphatic heterocycles. The van der Waals surface area contributed by atoms with Gasteiger partial charge >= 0.3 is 0 Å². The lowest BCUT2D eigenvalue weighted by molar-refractivity contribution is -0.121. The fraction of sp³-hybridized carbons (Fsp3) is 0.556. The zero-order valence-corrected chi connectivity index (χ0v) is 13.3. The van der Waals surface area contributed by atoms with E-state index >= 15 is 0 Å². The van der Waals surface area contributed by atoms with Crippen LogP contribution in [0.1, 0.15) is 48.0 Å². The molecule has 1 heterocycles. The van der Waals surface area contributed by atoms with Crippen molar-refractivity contribution < 1.29 is 14.3 Å². The first kappa shape index (κ1) is 16.0. The maximum Gasteiger partial charge on any atom is 0.248 e. The van der Waals surface area contributed by atoms with Gasteiger partial charge in [-0.2, -0.15) is 0 Å². The zero-order valence-electron chi connectivity index (χ0n) is 13.3. The third-order valence-electron chi connectivity index (χ3n) is 5.28. The summed E-state index contributed by atoms with van der Waals surface area (Å²) >= 11 is 0. The monoisotopic (exact) mass is 316 g/mol. The molecule has 2 fully saturated rings. The van der Waals surface area contributed by atoms with Gasteiger partial charge in [0, 0.05) is 30.6 Å². The highest BCUT2D eigenvalue weighted by Gasteiger charge is 2.47. The molecule has 1 aliphatic carbocycles. The van der Waals surface area contributed by atoms with Crippen LogP contribution in [0, 0.1) is 5.41 Å². The number of ether oxygens (including phenoxy) is 1. The van der Waals surface area contributed by atoms with E-state index < -0.39 is 5.91 Å². The third kappa shape index (κ3) is 3.39. The minimum Gasteiger partial charge on any atom is -0.378 e. The lowest BCUT2D eigenvalue weighted by Crippen LogP contribution is -2.39. The maximum absolute atomic E-state index is 12.2. The number of aryl methyl sites for hydroxylation is 1. The molecule has 0 spiro atoms. The van der Waals surface area contributed by atoms with Gasteiger partial charge in [-0.05, 0) is 37.3 Å². The molecule has 5 nitrogen and oxygen atoms in total. The SMILES string of the molecule is NC(=O)c1ccccc1CCC(=O)NC[C@]12CCC[C@H]1OCC2. The Morgan fingerprint density at radius 2 is 2.13 bits per heavy atom. The Morgan fingerprint density at radius 3 is 2.96 bits per heavy atom. The molecule has 0 bridgehead atoms. The molecule has 5 heteroatoms. The van der Waals surface area contributed by atoms with Gasteiger partial charge in [0.15, 0.2) is 0 Å². The number of fused-ring (bicyclic) bond motifs is 1. The normalized spacial score (nSPS) is 26.0. The molecule has 0 radical (unpaired) electrons. The molecule has 2 amide bonds. The van der Waals surface area contributed by atoms with Crippen molar-refractivity contribution in [2.24, 2.45) is 11.1 Å². The predicted octanol–water partition coefficient (Wildman–Crippen LogP) is 1.79. The Balaban J connectivity index is 1.52. The van der Waals surface area contributed by atoms with Crippen LogP contribution in [0.4, 0.5) is 0 Å². The molecule has 23 heavy (non-hydrogen) atoms. The summed E-state index contributed by atoms with van der Waals surface area (Å²) in [4.78, 5) is 23.6. The molecule has 0 aromatic heterocycles. The van der Waals surface area contributed by atoms with Crippen molar-refractivity contribution >= 4 is 11.8 Å². The van der Waals surface area contributed by atoms with E-state index in [9.17, 15) is 9.59 Å². The van der Waals surface area contributed by atoms with Gasteiger partial charge < -0.3 is 15.8 Å². The molecule has 0 unspecified atom stereocenters. The van der Waals surface area contributed by atoms with Crippen LogP contribution < -0.4 is 11.1 Å². The van der Waals surface area contributed by atoms with Crippen LogP contribution in [0.3, 0.4) is 0 Å². The fourth-order valence-electron chi connectivity index (χ4n) is 3.94. The van der Waals surface area contributed by atoms with Gasteiger partial charge in [0.1, 0.15) is 0 Å². The zero-order chi connectivity index (χ0) is 16.3. The fourth-order valence-corrected chi connectivity index (χ4v) is 3.94. The molecule has 2 aliphatic rings. The summed E-state index contributed by atoms with van der Waals surface area (Å²) in [6, 6.07) is 7.19. The van der Waals surface area contributed by atoms with E-state index in [1.807, 2.05) is 12.1 Å². The second-order valence-electron chi connectivity index (χ2n) is 6.66. The van der Waals surface area contributed by atoms with Gasteiger partial charge in [0.05, 0.1) is 6.10 Å². The quantitative estimate of drug-likeness (QED) is 0.839. The molecule has 1 aromatic rings. The van der Waals surface area contributed by atoms with Crippen LogP contribution in [-0.4, -0.2) is 31.1 Å². The van der Waals surface area contributed by atoms with Crippen molar-refractivity contribution in [3.05, 3.63) is 35.4 Å². The van der Waals surface area contributed by atoms with E-state index in [1.165, 1.54) is 6.42 Å². The van der Waals surface area contributed by atoms with Crippen LogP contribution in [0.2, 0.25) is 0 Å². The Hall–Kier alpha value is -1.88. The smallest absolute Gasteiger partial charge is 0.248 e. The first-order valence-corrected chi connectivity index (χ1v) is 8.37. The van der Waals surface area contributed by atoms with Gasteiger partial charge in [-0.1, -0.05) is 24.6 Å². The number of nitrogens with one attached hydrogen (secondary N) is 1. The summed E-state index contributed by atoms with van der Waals surface area (Å²) in [6.45, 7) is 1.51. The molecule has 124 valence electrons. The minimum absolute atomic E-state index is 0.0243. The number of primary amides is 1. The number of rotatable bonds is 6. The topological polar surface area (TPSA) is 81.4 Å². The maximum atomic E-state index is 12.2. The molecule has 2 atom stereocenters. The molecule has 1 saturated carbocycles. The first-order valence-electron chi connectivity index (χ1n) is 8.37. The Bertz CT molecular complexity index is 590. The standard InChI is InChI=1S/C18H24N2O3/c19-17(22)14-5-2-1-4-13(14)7-8-16(21)20-12-18-9-3-6-15(18)23-11-10-18/h1-2,4-5,15H,3,6-12H2,(H2,19,22)(H,20,21)/t15-,18-/m1/s1. The number of carbonyl (C=O) groups excluding carboxylic acids is 2. The van der Waals surface area contributed by atoms with Crippen molar-refractivity contribution in [3.63, 3.8) is 0 Å². The van der Waals surface area contributed by atoms with Crippen LogP contribution >= 0.6 is 0 Å². The van der Waals surface area contributed by atoms with Gasteiger partial charge in [-0.15, -0.1) is 0 Å². The number of hydrogen-bond acceptors (Lipinski definition) is 3. The number of nitrogens with two attached hydrogens (primary N) is 1. The summed E-state index contributed by atoms with van der Waals surface area (Å²) in [5.41, 5.74) is 6.85. The number of amides is 2. The van der Waals surface area contributed by atoms with E-state index in [1.54, 1.807) is 12.1 Å². The Morgan fingerprint density at radius 1 is 1.30 bits per heavy atom. The highest BCUT2D eigenvalue weighted by atomic mass is 16.5. The van der Waals surface area contributed by atoms with Gasteiger partial charge in [0.25, 0.3) is 0 Å². The summed E-state index contributed by atoms with van der Waals surface area (Å²) in [5.74, 6) is -0.423. The van der Waals surface area contributed by atoms with Crippen LogP contribution in [-0.2, 0) is 16.0 Å². The van der Waals surface area contributed by atoms with Crippen molar-refractivity contribution in [1.82, 2.24) is 5.32 Å². The highest BCUT2D eigenvalue weighted by molar-refractivity contribution is 5.94. The second kappa shape index (κ2) is 6.71. The summed E-state index contributed by atoms with van der Waals surface area (Å²) in [6.07, 6.45) is 5.70. The second-order valence-corrected chi connectivity index (χ2v) is 6.66. The minimum atomic E-state index is -0.447. The van der Waals surface area contributed by atoms with Gasteiger partial charge in [-0.25, -0.2) is 0 Å². The van der Waals surface area contributed by atoms with Crippen molar-refractivity contribution in [2.45, 2.75) is 44.6 Å². The molecule has 3 rings (SSSR count). The Labute approximate surface area is 136 Å². The molecular weight excluding hydrogens is 292 g/mol. The van der Waals surface area contributed by atoms with E-state index in [-0.39, 0.29) is 11.3 Å². The summed E-state index contributed by atoms with van der Waals surface area (Å²) in [7, 11) is 0. The molecular formula is C18H24N2O3. The van der Waals surface area contributed by atoms with Crippen LogP contribution in [0.15, 0.2) is 24.3 Å². The van der Waals surface area contributed by atoms with Crippen molar-refractivity contribution in [2.75, 3.05) is 13.2 Å². The van der Waals surface area contributed by atoms with E-state index in [4.69, 9.17) is 10.5 Å². The largest absolute Gasteiger partial charge is 0.378 e. The van der Waals surface area contributed by atoms with E-state index in [0.717, 1.165) is 31.4 Å². The molecule has 1 saturated heterocycles. The Kier molecular flexibility index (Phi) is 4.66. The molecule has 3 N–H and O–H groups in total. The highest BCUT2D eigenvalue weighted by Crippen LogP contribution is 2.46. The van der Waals surface area contributed by atoms with Crippen molar-refractivity contribution in [3.8, 4) is 0 Å². The predicted molar refractivity (Wildman–Crippen MR) is 86.9 cm³/mol. The van der Waals surface area contributed by atoms with Gasteiger partial charge in [-0.3, -0.25) is 9.59 Å².